The van der Waals surface area contributed by atoms with Crippen molar-refractivity contribution < 1.29 is 4.79 Å². The molecule has 0 aliphatic heterocycles. The van der Waals surface area contributed by atoms with E-state index in [0.29, 0.717) is 11.3 Å². The maximum absolute atomic E-state index is 11.7. The van der Waals surface area contributed by atoms with Gasteiger partial charge in [-0.25, -0.2) is 0 Å². The van der Waals surface area contributed by atoms with Crippen LogP contribution >= 0.6 is 0 Å². The van der Waals surface area contributed by atoms with Gasteiger partial charge in [0.1, 0.15) is 0 Å². The lowest BCUT2D eigenvalue weighted by molar-refractivity contribution is 0.0999. The molecule has 0 bridgehead atoms. The highest BCUT2D eigenvalue weighted by molar-refractivity contribution is 6.09. The zero-order valence-corrected chi connectivity index (χ0v) is 9.37. The van der Waals surface area contributed by atoms with E-state index in [0.717, 1.165) is 5.69 Å². The molecule has 1 rings (SSSR count). The second kappa shape index (κ2) is 4.82. The van der Waals surface area contributed by atoms with Gasteiger partial charge in [0.2, 0.25) is 0 Å². The molecule has 0 aliphatic carbocycles. The Hall–Kier alpha value is -1.51. The van der Waals surface area contributed by atoms with E-state index in [1.54, 1.807) is 18.3 Å². The maximum Gasteiger partial charge on any atom is 0.168 e. The smallest absolute Gasteiger partial charge is 0.168 e. The van der Waals surface area contributed by atoms with Crippen molar-refractivity contribution in [2.24, 2.45) is 5.92 Å². The average Bonchev–Trinajstić information content (AvgIpc) is 2.17. The summed E-state index contributed by atoms with van der Waals surface area (Å²) < 4.78 is 0. The first-order valence-corrected chi connectivity index (χ1v) is 5.04. The third-order valence-corrected chi connectivity index (χ3v) is 2.27. The Labute approximate surface area is 90.1 Å². The van der Waals surface area contributed by atoms with Crippen LogP contribution in [-0.2, 0) is 0 Å². The van der Waals surface area contributed by atoms with Gasteiger partial charge in [-0.15, -0.1) is 0 Å². The minimum atomic E-state index is -0.000741. The molecular formula is C12H16N2O. The van der Waals surface area contributed by atoms with Crippen molar-refractivity contribution in [2.75, 3.05) is 0 Å². The van der Waals surface area contributed by atoms with Gasteiger partial charge >= 0.3 is 0 Å². The quantitative estimate of drug-likeness (QED) is 0.605. The van der Waals surface area contributed by atoms with Crippen LogP contribution in [0.5, 0.6) is 0 Å². The van der Waals surface area contributed by atoms with Crippen molar-refractivity contribution in [2.45, 2.75) is 27.2 Å². The fraction of sp³-hybridized carbons (Fsp3) is 0.417. The summed E-state index contributed by atoms with van der Waals surface area (Å²) in [6, 6.07) is 3.46. The normalized spacial score (nSPS) is 10.4. The first kappa shape index (κ1) is 11.6. The van der Waals surface area contributed by atoms with Crippen LogP contribution in [0.3, 0.4) is 0 Å². The van der Waals surface area contributed by atoms with Gasteiger partial charge in [-0.1, -0.05) is 13.8 Å². The van der Waals surface area contributed by atoms with E-state index in [4.69, 9.17) is 5.41 Å². The summed E-state index contributed by atoms with van der Waals surface area (Å²) in [6.07, 6.45) is 1.84. The maximum atomic E-state index is 11.7. The molecule has 0 aromatic carbocycles. The van der Waals surface area contributed by atoms with Crippen LogP contribution in [0.4, 0.5) is 0 Å². The predicted octanol–water partition coefficient (Wildman–Crippen LogP) is 2.64. The first-order valence-electron chi connectivity index (χ1n) is 5.04. The second-order valence-electron chi connectivity index (χ2n) is 3.97. The van der Waals surface area contributed by atoms with Crippen LogP contribution in [-0.4, -0.2) is 16.5 Å². The summed E-state index contributed by atoms with van der Waals surface area (Å²) in [5, 5.41) is 7.64. The molecule has 0 aliphatic rings. The van der Waals surface area contributed by atoms with Crippen molar-refractivity contribution in [3.8, 4) is 0 Å². The highest BCUT2D eigenvalue weighted by atomic mass is 16.1. The molecule has 0 amide bonds. The van der Waals surface area contributed by atoms with E-state index < -0.39 is 0 Å². The number of carbonyl (C=O) groups excluding carboxylic acids is 1. The van der Waals surface area contributed by atoms with E-state index in [2.05, 4.69) is 4.98 Å². The fourth-order valence-corrected chi connectivity index (χ4v) is 1.20. The lowest BCUT2D eigenvalue weighted by Gasteiger charge is -2.06. The lowest BCUT2D eigenvalue weighted by Crippen LogP contribution is -2.12. The van der Waals surface area contributed by atoms with Crippen LogP contribution < -0.4 is 0 Å². The highest BCUT2D eigenvalue weighted by Crippen LogP contribution is 2.08. The van der Waals surface area contributed by atoms with Crippen molar-refractivity contribution in [3.05, 3.63) is 29.6 Å². The molecule has 0 saturated carbocycles. The Bertz CT molecular complexity index is 383. The molecule has 15 heavy (non-hydrogen) atoms. The molecule has 3 heteroatoms. The minimum absolute atomic E-state index is 0.000741. The van der Waals surface area contributed by atoms with Crippen molar-refractivity contribution in [1.82, 2.24) is 4.98 Å². The lowest BCUT2D eigenvalue weighted by atomic mass is 9.99. The summed E-state index contributed by atoms with van der Waals surface area (Å²) in [6.45, 7) is 5.70. The van der Waals surface area contributed by atoms with Crippen molar-refractivity contribution >= 4 is 11.5 Å². The van der Waals surface area contributed by atoms with Gasteiger partial charge < -0.3 is 5.41 Å². The average molecular weight is 204 g/mol. The van der Waals surface area contributed by atoms with Crippen molar-refractivity contribution in [3.63, 3.8) is 0 Å². The number of pyridine rings is 1. The molecule has 3 nitrogen and oxygen atoms in total. The molecule has 1 aromatic heterocycles. The molecule has 1 aromatic rings. The standard InChI is InChI=1S/C12H16N2O/c1-8(2)11(13)7-12(15)10-4-5-14-9(3)6-10/h4-6,8,13H,7H2,1-3H3. The van der Waals surface area contributed by atoms with Crippen LogP contribution in [0, 0.1) is 18.3 Å². The van der Waals surface area contributed by atoms with Gasteiger partial charge in [-0.3, -0.25) is 9.78 Å². The van der Waals surface area contributed by atoms with Gasteiger partial charge in [0.15, 0.2) is 5.78 Å². The van der Waals surface area contributed by atoms with Crippen LogP contribution in [0.2, 0.25) is 0 Å². The van der Waals surface area contributed by atoms with E-state index in [9.17, 15) is 4.79 Å². The molecule has 0 saturated heterocycles. The monoisotopic (exact) mass is 204 g/mol. The topological polar surface area (TPSA) is 53.8 Å². The van der Waals surface area contributed by atoms with Crippen LogP contribution in [0.25, 0.3) is 0 Å². The Morgan fingerprint density at radius 1 is 1.53 bits per heavy atom. The predicted molar refractivity (Wildman–Crippen MR) is 60.5 cm³/mol. The van der Waals surface area contributed by atoms with E-state index in [1.807, 2.05) is 20.8 Å². The van der Waals surface area contributed by atoms with Gasteiger partial charge in [0.05, 0.1) is 0 Å². The molecule has 0 spiro atoms. The van der Waals surface area contributed by atoms with Crippen LogP contribution in [0.15, 0.2) is 18.3 Å². The third kappa shape index (κ3) is 3.27. The largest absolute Gasteiger partial charge is 0.309 e. The van der Waals surface area contributed by atoms with Crippen molar-refractivity contribution in [1.29, 1.82) is 5.41 Å². The van der Waals surface area contributed by atoms with Gasteiger partial charge in [-0.05, 0) is 25.0 Å². The zero-order chi connectivity index (χ0) is 11.4. The number of hydrogen-bond acceptors (Lipinski definition) is 3. The number of Topliss-reactive ketones (excluding diaryl/α,β-unsaturated/α-hetero) is 1. The Kier molecular flexibility index (Phi) is 3.72. The molecule has 0 unspecified atom stereocenters. The zero-order valence-electron chi connectivity index (χ0n) is 9.37. The first-order chi connectivity index (χ1) is 7.00. The number of carbonyl (C=O) groups is 1. The van der Waals surface area contributed by atoms with Gasteiger partial charge in [0, 0.05) is 29.6 Å². The number of aromatic nitrogens is 1. The summed E-state index contributed by atoms with van der Waals surface area (Å²) in [7, 11) is 0. The second-order valence-corrected chi connectivity index (χ2v) is 3.97. The summed E-state index contributed by atoms with van der Waals surface area (Å²) in [4.78, 5) is 15.8. The molecule has 80 valence electrons. The molecule has 1 heterocycles. The Morgan fingerprint density at radius 2 is 2.20 bits per heavy atom. The third-order valence-electron chi connectivity index (χ3n) is 2.27. The van der Waals surface area contributed by atoms with E-state index in [-0.39, 0.29) is 18.1 Å². The minimum Gasteiger partial charge on any atom is -0.309 e. The molecule has 1 N–H and O–H groups in total. The fourth-order valence-electron chi connectivity index (χ4n) is 1.20. The number of ketones is 1. The number of aryl methyl sites for hydroxylation is 1. The van der Waals surface area contributed by atoms with Crippen LogP contribution in [0.1, 0.15) is 36.3 Å². The highest BCUT2D eigenvalue weighted by Gasteiger charge is 2.11. The molecular weight excluding hydrogens is 188 g/mol. The van der Waals surface area contributed by atoms with Gasteiger partial charge in [0.25, 0.3) is 0 Å². The Balaban J connectivity index is 2.74. The molecule has 0 atom stereocenters. The van der Waals surface area contributed by atoms with E-state index >= 15 is 0 Å². The number of nitrogens with one attached hydrogen (secondary N) is 1. The SMILES string of the molecule is Cc1cc(C(=O)CC(=N)C(C)C)ccn1. The number of nitrogens with zero attached hydrogens (tertiary/aromatic N) is 1. The van der Waals surface area contributed by atoms with Gasteiger partial charge in [-0.2, -0.15) is 0 Å². The molecule has 0 fully saturated rings. The summed E-state index contributed by atoms with van der Waals surface area (Å²) in [5.41, 5.74) is 1.96. The molecule has 0 radical (unpaired) electrons. The van der Waals surface area contributed by atoms with E-state index in [1.165, 1.54) is 0 Å². The summed E-state index contributed by atoms with van der Waals surface area (Å²) >= 11 is 0. The number of hydrogen-bond donors (Lipinski definition) is 1. The summed E-state index contributed by atoms with van der Waals surface area (Å²) in [5.74, 6) is 0.135. The number of rotatable bonds is 4. The Morgan fingerprint density at radius 3 is 2.73 bits per heavy atom.